The molecule has 7 nitrogen and oxygen atoms in total. The van der Waals surface area contributed by atoms with Crippen molar-refractivity contribution in [3.63, 3.8) is 0 Å². The predicted molar refractivity (Wildman–Crippen MR) is 87.6 cm³/mol. The molecule has 2 N–H and O–H groups in total. The lowest BCUT2D eigenvalue weighted by molar-refractivity contribution is -0.137. The van der Waals surface area contributed by atoms with Crippen LogP contribution in [-0.4, -0.2) is 33.4 Å². The van der Waals surface area contributed by atoms with Crippen molar-refractivity contribution in [3.8, 4) is 5.75 Å². The van der Waals surface area contributed by atoms with Gasteiger partial charge < -0.3 is 15.2 Å². The number of carboxylic acid groups (broad SMARTS) is 1. The predicted octanol–water partition coefficient (Wildman–Crippen LogP) is 2.00. The van der Waals surface area contributed by atoms with Gasteiger partial charge in [-0.2, -0.15) is 5.10 Å². The molecule has 2 aromatic rings. The second-order valence-electron chi connectivity index (χ2n) is 5.37. The summed E-state index contributed by atoms with van der Waals surface area (Å²) in [6, 6.07) is 8.76. The van der Waals surface area contributed by atoms with Crippen LogP contribution in [0.4, 0.5) is 0 Å². The van der Waals surface area contributed by atoms with Gasteiger partial charge in [0.2, 0.25) is 5.91 Å². The Morgan fingerprint density at radius 3 is 2.71 bits per heavy atom. The molecule has 1 heterocycles. The Bertz CT molecular complexity index is 653. The van der Waals surface area contributed by atoms with Crippen LogP contribution in [0, 0.1) is 0 Å². The first-order valence-corrected chi connectivity index (χ1v) is 7.76. The van der Waals surface area contributed by atoms with Crippen LogP contribution in [0.15, 0.2) is 42.7 Å². The van der Waals surface area contributed by atoms with Crippen LogP contribution >= 0.6 is 0 Å². The number of hydrogen-bond acceptors (Lipinski definition) is 4. The zero-order valence-corrected chi connectivity index (χ0v) is 13.5. The highest BCUT2D eigenvalue weighted by atomic mass is 16.5. The summed E-state index contributed by atoms with van der Waals surface area (Å²) in [5, 5.41) is 15.5. The number of aliphatic carboxylic acids is 1. The maximum Gasteiger partial charge on any atom is 0.303 e. The first-order chi connectivity index (χ1) is 11.6. The maximum absolute atomic E-state index is 12.1. The normalized spacial score (nSPS) is 11.7. The summed E-state index contributed by atoms with van der Waals surface area (Å²) in [7, 11) is 0. The zero-order chi connectivity index (χ0) is 17.4. The Hall–Kier alpha value is -2.83. The van der Waals surface area contributed by atoms with Crippen LogP contribution < -0.4 is 10.1 Å². The monoisotopic (exact) mass is 331 g/mol. The Balaban J connectivity index is 1.75. The molecule has 0 fully saturated rings. The van der Waals surface area contributed by atoms with Crippen molar-refractivity contribution in [1.82, 2.24) is 15.1 Å². The van der Waals surface area contributed by atoms with Gasteiger partial charge in [0.15, 0.2) is 0 Å². The molecule has 7 heteroatoms. The standard InChI is InChI=1S/C17H21N3O4/c1-13(20-10-3-9-19-20)17(23)18-12-14-5-7-15(8-6-14)24-11-2-4-16(21)22/h3,5-10,13H,2,4,11-12H2,1H3,(H,18,23)(H,21,22). The quantitative estimate of drug-likeness (QED) is 0.686. The van der Waals surface area contributed by atoms with Gasteiger partial charge in [0.05, 0.1) is 6.61 Å². The van der Waals surface area contributed by atoms with Crippen LogP contribution in [0.25, 0.3) is 0 Å². The molecular formula is C17H21N3O4. The van der Waals surface area contributed by atoms with Crippen molar-refractivity contribution < 1.29 is 19.4 Å². The molecular weight excluding hydrogens is 310 g/mol. The van der Waals surface area contributed by atoms with Crippen LogP contribution in [0.2, 0.25) is 0 Å². The highest BCUT2D eigenvalue weighted by Gasteiger charge is 2.14. The van der Waals surface area contributed by atoms with E-state index in [1.165, 1.54) is 0 Å². The van der Waals surface area contributed by atoms with Gasteiger partial charge in [-0.25, -0.2) is 0 Å². The fourth-order valence-electron chi connectivity index (χ4n) is 2.08. The topological polar surface area (TPSA) is 93.5 Å². The van der Waals surface area contributed by atoms with Gasteiger partial charge in [0.1, 0.15) is 11.8 Å². The minimum atomic E-state index is -0.825. The lowest BCUT2D eigenvalue weighted by Crippen LogP contribution is -2.30. The first-order valence-electron chi connectivity index (χ1n) is 7.76. The molecule has 0 aliphatic heterocycles. The van der Waals surface area contributed by atoms with E-state index in [2.05, 4.69) is 10.4 Å². The molecule has 1 atom stereocenters. The van der Waals surface area contributed by atoms with Crippen LogP contribution in [0.5, 0.6) is 5.75 Å². The number of carbonyl (C=O) groups excluding carboxylic acids is 1. The molecule has 1 aromatic heterocycles. The van der Waals surface area contributed by atoms with E-state index in [9.17, 15) is 9.59 Å². The molecule has 24 heavy (non-hydrogen) atoms. The molecule has 0 saturated carbocycles. The fraction of sp³-hybridized carbons (Fsp3) is 0.353. The van der Waals surface area contributed by atoms with E-state index in [0.717, 1.165) is 5.56 Å². The molecule has 0 saturated heterocycles. The number of aromatic nitrogens is 2. The number of nitrogens with one attached hydrogen (secondary N) is 1. The molecule has 1 aromatic carbocycles. The van der Waals surface area contributed by atoms with Gasteiger partial charge in [-0.1, -0.05) is 12.1 Å². The molecule has 0 aliphatic rings. The Morgan fingerprint density at radius 2 is 2.08 bits per heavy atom. The number of carboxylic acids is 1. The molecule has 0 bridgehead atoms. The molecule has 2 rings (SSSR count). The lowest BCUT2D eigenvalue weighted by Gasteiger charge is -2.13. The minimum Gasteiger partial charge on any atom is -0.494 e. The third-order valence-corrected chi connectivity index (χ3v) is 3.49. The van der Waals surface area contributed by atoms with Gasteiger partial charge in [0.25, 0.3) is 0 Å². The van der Waals surface area contributed by atoms with Gasteiger partial charge in [-0.3, -0.25) is 14.3 Å². The average Bonchev–Trinajstić information content (AvgIpc) is 3.11. The van der Waals surface area contributed by atoms with Crippen molar-refractivity contribution in [1.29, 1.82) is 0 Å². The number of hydrogen-bond donors (Lipinski definition) is 2. The number of amides is 1. The van der Waals surface area contributed by atoms with E-state index in [-0.39, 0.29) is 18.4 Å². The molecule has 128 valence electrons. The summed E-state index contributed by atoms with van der Waals surface area (Å²) in [4.78, 5) is 22.5. The SMILES string of the molecule is CC(C(=O)NCc1ccc(OCCCC(=O)O)cc1)n1cccn1. The lowest BCUT2D eigenvalue weighted by atomic mass is 10.2. The fourth-order valence-corrected chi connectivity index (χ4v) is 2.08. The maximum atomic E-state index is 12.1. The molecule has 0 radical (unpaired) electrons. The number of ether oxygens (including phenoxy) is 1. The summed E-state index contributed by atoms with van der Waals surface area (Å²) in [6.45, 7) is 2.57. The molecule has 0 spiro atoms. The van der Waals surface area contributed by atoms with E-state index >= 15 is 0 Å². The highest BCUT2D eigenvalue weighted by Crippen LogP contribution is 2.13. The van der Waals surface area contributed by atoms with E-state index in [1.807, 2.05) is 12.1 Å². The van der Waals surface area contributed by atoms with E-state index in [1.54, 1.807) is 42.2 Å². The van der Waals surface area contributed by atoms with Crippen molar-refractivity contribution >= 4 is 11.9 Å². The Morgan fingerprint density at radius 1 is 1.33 bits per heavy atom. The van der Waals surface area contributed by atoms with Gasteiger partial charge in [-0.05, 0) is 37.1 Å². The molecule has 0 aliphatic carbocycles. The third-order valence-electron chi connectivity index (χ3n) is 3.49. The smallest absolute Gasteiger partial charge is 0.303 e. The van der Waals surface area contributed by atoms with E-state index in [4.69, 9.17) is 9.84 Å². The largest absolute Gasteiger partial charge is 0.494 e. The van der Waals surface area contributed by atoms with Crippen molar-refractivity contribution in [2.45, 2.75) is 32.4 Å². The molecule has 1 amide bonds. The van der Waals surface area contributed by atoms with Crippen LogP contribution in [0.1, 0.15) is 31.4 Å². The van der Waals surface area contributed by atoms with Crippen molar-refractivity contribution in [3.05, 3.63) is 48.3 Å². The van der Waals surface area contributed by atoms with Gasteiger partial charge in [0, 0.05) is 25.4 Å². The van der Waals surface area contributed by atoms with E-state index in [0.29, 0.717) is 25.3 Å². The van der Waals surface area contributed by atoms with Gasteiger partial charge in [-0.15, -0.1) is 0 Å². The Labute approximate surface area is 140 Å². The summed E-state index contributed by atoms with van der Waals surface area (Å²) in [5.41, 5.74) is 0.953. The van der Waals surface area contributed by atoms with Crippen molar-refractivity contribution in [2.24, 2.45) is 0 Å². The average molecular weight is 331 g/mol. The van der Waals surface area contributed by atoms with E-state index < -0.39 is 5.97 Å². The first kappa shape index (κ1) is 17.5. The second-order valence-corrected chi connectivity index (χ2v) is 5.37. The highest BCUT2D eigenvalue weighted by molar-refractivity contribution is 5.79. The number of rotatable bonds is 9. The van der Waals surface area contributed by atoms with Crippen LogP contribution in [-0.2, 0) is 16.1 Å². The number of nitrogens with zero attached hydrogens (tertiary/aromatic N) is 2. The second kappa shape index (κ2) is 8.71. The summed E-state index contributed by atoms with van der Waals surface area (Å²) in [6.07, 6.45) is 3.96. The van der Waals surface area contributed by atoms with Crippen LogP contribution in [0.3, 0.4) is 0 Å². The van der Waals surface area contributed by atoms with Gasteiger partial charge >= 0.3 is 5.97 Å². The number of benzene rings is 1. The summed E-state index contributed by atoms with van der Waals surface area (Å²) >= 11 is 0. The number of carbonyl (C=O) groups is 2. The zero-order valence-electron chi connectivity index (χ0n) is 13.5. The molecule has 1 unspecified atom stereocenters. The van der Waals surface area contributed by atoms with Crippen molar-refractivity contribution in [2.75, 3.05) is 6.61 Å². The third kappa shape index (κ3) is 5.42. The Kier molecular flexibility index (Phi) is 6.36. The summed E-state index contributed by atoms with van der Waals surface area (Å²) in [5.74, 6) is -0.248. The minimum absolute atomic E-state index is 0.0958. The summed E-state index contributed by atoms with van der Waals surface area (Å²) < 4.78 is 7.06.